The summed E-state index contributed by atoms with van der Waals surface area (Å²) in [6.45, 7) is 7.34. The van der Waals surface area contributed by atoms with Crippen LogP contribution in [0, 0.1) is 0 Å². The SMILES string of the molecule is CC(C)(C)NC(=O)CNc1ccc(C(=O)NCC2CCCO2)cc1. The molecule has 0 bridgehead atoms. The highest BCUT2D eigenvalue weighted by Crippen LogP contribution is 2.12. The topological polar surface area (TPSA) is 79.5 Å². The second-order valence-corrected chi connectivity index (χ2v) is 7.07. The number of carbonyl (C=O) groups excluding carboxylic acids is 2. The highest BCUT2D eigenvalue weighted by molar-refractivity contribution is 5.94. The predicted molar refractivity (Wildman–Crippen MR) is 94.1 cm³/mol. The molecule has 0 saturated carbocycles. The third-order valence-electron chi connectivity index (χ3n) is 3.63. The molecule has 0 radical (unpaired) electrons. The number of anilines is 1. The Morgan fingerprint density at radius 3 is 2.50 bits per heavy atom. The maximum Gasteiger partial charge on any atom is 0.251 e. The molecule has 2 rings (SSSR count). The van der Waals surface area contributed by atoms with E-state index in [1.54, 1.807) is 24.3 Å². The quantitative estimate of drug-likeness (QED) is 0.743. The van der Waals surface area contributed by atoms with Gasteiger partial charge in [0, 0.05) is 29.9 Å². The van der Waals surface area contributed by atoms with E-state index >= 15 is 0 Å². The van der Waals surface area contributed by atoms with Crippen molar-refractivity contribution in [2.24, 2.45) is 0 Å². The van der Waals surface area contributed by atoms with Gasteiger partial charge in [0.25, 0.3) is 5.91 Å². The fraction of sp³-hybridized carbons (Fsp3) is 0.556. The Morgan fingerprint density at radius 2 is 1.92 bits per heavy atom. The average molecular weight is 333 g/mol. The number of carbonyl (C=O) groups is 2. The number of hydrogen-bond donors (Lipinski definition) is 3. The average Bonchev–Trinajstić information content (AvgIpc) is 3.03. The Balaban J connectivity index is 1.77. The van der Waals surface area contributed by atoms with Gasteiger partial charge in [-0.15, -0.1) is 0 Å². The minimum atomic E-state index is -0.246. The normalized spacial score (nSPS) is 17.4. The van der Waals surface area contributed by atoms with Crippen molar-refractivity contribution in [3.63, 3.8) is 0 Å². The molecule has 1 saturated heterocycles. The Labute approximate surface area is 143 Å². The van der Waals surface area contributed by atoms with Crippen LogP contribution in [0.15, 0.2) is 24.3 Å². The summed E-state index contributed by atoms with van der Waals surface area (Å²) in [7, 11) is 0. The van der Waals surface area contributed by atoms with Gasteiger partial charge in [0.1, 0.15) is 0 Å². The second-order valence-electron chi connectivity index (χ2n) is 7.07. The number of amides is 2. The third-order valence-corrected chi connectivity index (χ3v) is 3.63. The van der Waals surface area contributed by atoms with Gasteiger partial charge in [-0.3, -0.25) is 9.59 Å². The predicted octanol–water partition coefficient (Wildman–Crippen LogP) is 1.92. The van der Waals surface area contributed by atoms with E-state index in [2.05, 4.69) is 16.0 Å². The van der Waals surface area contributed by atoms with Gasteiger partial charge in [-0.05, 0) is 57.9 Å². The molecule has 1 aliphatic heterocycles. The first-order valence-electron chi connectivity index (χ1n) is 8.38. The third kappa shape index (κ3) is 6.20. The molecular formula is C18H27N3O3. The van der Waals surface area contributed by atoms with Crippen molar-refractivity contribution in [3.8, 4) is 0 Å². The summed E-state index contributed by atoms with van der Waals surface area (Å²) in [6.07, 6.45) is 2.19. The van der Waals surface area contributed by atoms with Gasteiger partial charge < -0.3 is 20.7 Å². The van der Waals surface area contributed by atoms with E-state index in [1.807, 2.05) is 20.8 Å². The molecule has 6 nitrogen and oxygen atoms in total. The molecule has 1 atom stereocenters. The molecule has 3 N–H and O–H groups in total. The molecule has 2 amide bonds. The largest absolute Gasteiger partial charge is 0.376 e. The second kappa shape index (κ2) is 8.15. The van der Waals surface area contributed by atoms with Crippen LogP contribution in [-0.2, 0) is 9.53 Å². The van der Waals surface area contributed by atoms with E-state index in [-0.39, 0.29) is 30.0 Å². The van der Waals surface area contributed by atoms with Crippen LogP contribution >= 0.6 is 0 Å². The van der Waals surface area contributed by atoms with Gasteiger partial charge in [-0.2, -0.15) is 0 Å². The molecule has 1 fully saturated rings. The molecule has 0 aromatic heterocycles. The fourth-order valence-electron chi connectivity index (χ4n) is 2.50. The van der Waals surface area contributed by atoms with Crippen molar-refractivity contribution in [2.75, 3.05) is 25.0 Å². The number of rotatable bonds is 6. The van der Waals surface area contributed by atoms with E-state index in [9.17, 15) is 9.59 Å². The minimum Gasteiger partial charge on any atom is -0.376 e. The summed E-state index contributed by atoms with van der Waals surface area (Å²) in [5.41, 5.74) is 1.15. The lowest BCUT2D eigenvalue weighted by molar-refractivity contribution is -0.120. The van der Waals surface area contributed by atoms with Crippen molar-refractivity contribution in [3.05, 3.63) is 29.8 Å². The lowest BCUT2D eigenvalue weighted by atomic mass is 10.1. The molecular weight excluding hydrogens is 306 g/mol. The van der Waals surface area contributed by atoms with Crippen molar-refractivity contribution >= 4 is 17.5 Å². The first-order chi connectivity index (χ1) is 11.3. The first kappa shape index (κ1) is 18.3. The van der Waals surface area contributed by atoms with Crippen LogP contribution in [-0.4, -0.2) is 43.2 Å². The summed E-state index contributed by atoms with van der Waals surface area (Å²) in [6, 6.07) is 7.08. The summed E-state index contributed by atoms with van der Waals surface area (Å²) >= 11 is 0. The molecule has 132 valence electrons. The molecule has 0 spiro atoms. The number of ether oxygens (including phenoxy) is 1. The Morgan fingerprint density at radius 1 is 1.21 bits per heavy atom. The van der Waals surface area contributed by atoms with E-state index in [4.69, 9.17) is 4.74 Å². The minimum absolute atomic E-state index is 0.0686. The molecule has 24 heavy (non-hydrogen) atoms. The maximum absolute atomic E-state index is 12.1. The van der Waals surface area contributed by atoms with Crippen LogP contribution in [0.1, 0.15) is 44.0 Å². The molecule has 1 aliphatic rings. The number of hydrogen-bond acceptors (Lipinski definition) is 4. The van der Waals surface area contributed by atoms with Gasteiger partial charge >= 0.3 is 0 Å². The number of benzene rings is 1. The smallest absolute Gasteiger partial charge is 0.251 e. The van der Waals surface area contributed by atoms with Gasteiger partial charge in [0.05, 0.1) is 12.6 Å². The summed E-state index contributed by atoms with van der Waals surface area (Å²) in [5.74, 6) is -0.177. The van der Waals surface area contributed by atoms with E-state index in [0.717, 1.165) is 25.1 Å². The molecule has 1 heterocycles. The van der Waals surface area contributed by atoms with Crippen LogP contribution in [0.3, 0.4) is 0 Å². The van der Waals surface area contributed by atoms with E-state index < -0.39 is 0 Å². The van der Waals surface area contributed by atoms with Crippen molar-refractivity contribution in [1.29, 1.82) is 0 Å². The van der Waals surface area contributed by atoms with E-state index in [0.29, 0.717) is 12.1 Å². The van der Waals surface area contributed by atoms with Crippen LogP contribution in [0.2, 0.25) is 0 Å². The van der Waals surface area contributed by atoms with Crippen LogP contribution in [0.25, 0.3) is 0 Å². The zero-order valence-electron chi connectivity index (χ0n) is 14.6. The monoisotopic (exact) mass is 333 g/mol. The van der Waals surface area contributed by atoms with Gasteiger partial charge in [0.2, 0.25) is 5.91 Å². The maximum atomic E-state index is 12.1. The zero-order chi connectivity index (χ0) is 17.6. The summed E-state index contributed by atoms with van der Waals surface area (Å²) in [5, 5.41) is 8.82. The van der Waals surface area contributed by atoms with Crippen LogP contribution in [0.4, 0.5) is 5.69 Å². The Hall–Kier alpha value is -2.08. The lowest BCUT2D eigenvalue weighted by Gasteiger charge is -2.20. The molecule has 6 heteroatoms. The highest BCUT2D eigenvalue weighted by Gasteiger charge is 2.17. The van der Waals surface area contributed by atoms with Gasteiger partial charge in [-0.25, -0.2) is 0 Å². The Kier molecular flexibility index (Phi) is 6.20. The highest BCUT2D eigenvalue weighted by atomic mass is 16.5. The molecule has 1 aromatic rings. The lowest BCUT2D eigenvalue weighted by Crippen LogP contribution is -2.43. The number of nitrogens with one attached hydrogen (secondary N) is 3. The first-order valence-corrected chi connectivity index (χ1v) is 8.38. The van der Waals surface area contributed by atoms with Crippen molar-refractivity contribution in [2.45, 2.75) is 45.3 Å². The standard InChI is InChI=1S/C18H27N3O3/c1-18(2,3)21-16(22)12-19-14-8-6-13(7-9-14)17(23)20-11-15-5-4-10-24-15/h6-9,15,19H,4-5,10-12H2,1-3H3,(H,20,23)(H,21,22). The fourth-order valence-corrected chi connectivity index (χ4v) is 2.50. The summed E-state index contributed by atoms with van der Waals surface area (Å²) < 4.78 is 5.48. The zero-order valence-corrected chi connectivity index (χ0v) is 14.6. The van der Waals surface area contributed by atoms with Crippen LogP contribution in [0.5, 0.6) is 0 Å². The van der Waals surface area contributed by atoms with Crippen molar-refractivity contribution < 1.29 is 14.3 Å². The molecule has 1 aromatic carbocycles. The Bertz CT molecular complexity index is 558. The molecule has 0 aliphatic carbocycles. The van der Waals surface area contributed by atoms with Gasteiger partial charge in [-0.1, -0.05) is 0 Å². The van der Waals surface area contributed by atoms with E-state index in [1.165, 1.54) is 0 Å². The van der Waals surface area contributed by atoms with Gasteiger partial charge in [0.15, 0.2) is 0 Å². The van der Waals surface area contributed by atoms with Crippen molar-refractivity contribution in [1.82, 2.24) is 10.6 Å². The van der Waals surface area contributed by atoms with Crippen LogP contribution < -0.4 is 16.0 Å². The summed E-state index contributed by atoms with van der Waals surface area (Å²) in [4.78, 5) is 23.9. The molecule has 1 unspecified atom stereocenters.